The van der Waals surface area contributed by atoms with Gasteiger partial charge in [0.1, 0.15) is 21.6 Å². The highest BCUT2D eigenvalue weighted by molar-refractivity contribution is 7.21. The van der Waals surface area contributed by atoms with Crippen molar-refractivity contribution in [3.05, 3.63) is 41.4 Å². The minimum absolute atomic E-state index is 0.143. The molecule has 35 heavy (non-hydrogen) atoms. The van der Waals surface area contributed by atoms with Gasteiger partial charge in [-0.2, -0.15) is 0 Å². The first-order valence-corrected chi connectivity index (χ1v) is 13.1. The number of anilines is 3. The SMILES string of the molecule is C[C@H]1CCC[C@H]1NC(=O)c1sc2nccc3c2c1NC(=O)N3c1ccc(OC2CCOCC2)cc1. The number of carbonyl (C=O) groups is 2. The maximum Gasteiger partial charge on any atom is 0.331 e. The second-order valence-electron chi connectivity index (χ2n) is 9.49. The molecule has 0 spiro atoms. The van der Waals surface area contributed by atoms with E-state index in [0.29, 0.717) is 16.5 Å². The van der Waals surface area contributed by atoms with Gasteiger partial charge in [-0.15, -0.1) is 11.3 Å². The number of hydrogen-bond donors (Lipinski definition) is 2. The van der Waals surface area contributed by atoms with Crippen LogP contribution in [0.1, 0.15) is 48.7 Å². The van der Waals surface area contributed by atoms with Crippen LogP contribution in [0.25, 0.3) is 10.2 Å². The Balaban J connectivity index is 1.29. The summed E-state index contributed by atoms with van der Waals surface area (Å²) in [5.41, 5.74) is 1.99. The maximum absolute atomic E-state index is 13.3. The first-order valence-electron chi connectivity index (χ1n) is 12.3. The van der Waals surface area contributed by atoms with Crippen molar-refractivity contribution in [2.24, 2.45) is 5.92 Å². The van der Waals surface area contributed by atoms with Gasteiger partial charge >= 0.3 is 6.03 Å². The third-order valence-electron chi connectivity index (χ3n) is 7.20. The molecule has 2 aromatic heterocycles. The van der Waals surface area contributed by atoms with Gasteiger partial charge in [0.2, 0.25) is 0 Å². The number of rotatable bonds is 5. The molecule has 4 heterocycles. The van der Waals surface area contributed by atoms with Crippen LogP contribution >= 0.6 is 11.3 Å². The second-order valence-corrected chi connectivity index (χ2v) is 10.5. The van der Waals surface area contributed by atoms with Crippen LogP contribution in [-0.2, 0) is 4.74 Å². The molecule has 182 valence electrons. The maximum atomic E-state index is 13.3. The number of ether oxygens (including phenoxy) is 2. The zero-order valence-corrected chi connectivity index (χ0v) is 20.4. The quantitative estimate of drug-likeness (QED) is 0.494. The van der Waals surface area contributed by atoms with Crippen molar-refractivity contribution in [2.45, 2.75) is 51.2 Å². The molecule has 3 aliphatic rings. The Morgan fingerprint density at radius 2 is 1.97 bits per heavy atom. The molecule has 0 unspecified atom stereocenters. The number of aromatic nitrogens is 1. The summed E-state index contributed by atoms with van der Waals surface area (Å²) in [6, 6.07) is 9.24. The predicted molar refractivity (Wildman–Crippen MR) is 136 cm³/mol. The number of amides is 3. The van der Waals surface area contributed by atoms with Gasteiger partial charge in [-0.05, 0) is 49.1 Å². The minimum Gasteiger partial charge on any atom is -0.490 e. The standard InChI is InChI=1S/C26H28N4O4S/c1-15-3-2-4-19(15)28-24(31)23-22-21-20(9-12-27-25(21)35-23)30(26(32)29-22)16-5-7-17(8-6-16)34-18-10-13-33-14-11-18/h5-9,12,15,18-19H,2-4,10-11,13-14H2,1H3,(H,28,31)(H,29,32)/t15-,19+/m0/s1. The first kappa shape index (κ1) is 22.3. The van der Waals surface area contributed by atoms with Gasteiger partial charge < -0.3 is 20.1 Å². The van der Waals surface area contributed by atoms with Gasteiger partial charge in [0.05, 0.1) is 35.7 Å². The molecule has 0 radical (unpaired) electrons. The molecular weight excluding hydrogens is 464 g/mol. The van der Waals surface area contributed by atoms with Crippen LogP contribution in [-0.4, -0.2) is 42.3 Å². The highest BCUT2D eigenvalue weighted by atomic mass is 32.1. The zero-order chi connectivity index (χ0) is 23.9. The van der Waals surface area contributed by atoms with E-state index in [0.717, 1.165) is 72.7 Å². The van der Waals surface area contributed by atoms with Crippen LogP contribution in [0, 0.1) is 5.92 Å². The van der Waals surface area contributed by atoms with Crippen LogP contribution in [0.3, 0.4) is 0 Å². The number of carbonyl (C=O) groups excluding carboxylic acids is 2. The van der Waals surface area contributed by atoms with Crippen LogP contribution in [0.4, 0.5) is 21.9 Å². The lowest BCUT2D eigenvalue weighted by atomic mass is 10.1. The molecule has 9 heteroatoms. The van der Waals surface area contributed by atoms with Crippen LogP contribution in [0.2, 0.25) is 0 Å². The summed E-state index contributed by atoms with van der Waals surface area (Å²) in [5, 5.41) is 6.94. The molecule has 2 N–H and O–H groups in total. The summed E-state index contributed by atoms with van der Waals surface area (Å²) < 4.78 is 11.5. The summed E-state index contributed by atoms with van der Waals surface area (Å²) >= 11 is 1.32. The molecule has 1 saturated heterocycles. The topological polar surface area (TPSA) is 92.8 Å². The van der Waals surface area contributed by atoms with Gasteiger partial charge in [0.15, 0.2) is 0 Å². The second kappa shape index (κ2) is 9.13. The smallest absolute Gasteiger partial charge is 0.331 e. The summed E-state index contributed by atoms with van der Waals surface area (Å²) in [5.74, 6) is 1.09. The molecule has 2 aliphatic heterocycles. The molecule has 3 aromatic rings. The van der Waals surface area contributed by atoms with Crippen molar-refractivity contribution in [1.82, 2.24) is 10.3 Å². The third-order valence-corrected chi connectivity index (χ3v) is 8.29. The van der Waals surface area contributed by atoms with Crippen molar-refractivity contribution in [3.8, 4) is 5.75 Å². The number of urea groups is 1. The lowest BCUT2D eigenvalue weighted by molar-refractivity contribution is 0.0256. The van der Waals surface area contributed by atoms with Crippen molar-refractivity contribution in [3.63, 3.8) is 0 Å². The Bertz CT molecular complexity index is 1270. The average molecular weight is 493 g/mol. The van der Waals surface area contributed by atoms with E-state index < -0.39 is 0 Å². The van der Waals surface area contributed by atoms with Crippen molar-refractivity contribution >= 4 is 50.6 Å². The van der Waals surface area contributed by atoms with Gasteiger partial charge in [-0.3, -0.25) is 9.69 Å². The average Bonchev–Trinajstić information content (AvgIpc) is 3.44. The summed E-state index contributed by atoms with van der Waals surface area (Å²) in [4.78, 5) is 33.8. The first-order chi connectivity index (χ1) is 17.1. The number of hydrogen-bond acceptors (Lipinski definition) is 6. The van der Waals surface area contributed by atoms with Gasteiger partial charge in [-0.1, -0.05) is 13.3 Å². The molecule has 2 atom stereocenters. The third kappa shape index (κ3) is 4.12. The highest BCUT2D eigenvalue weighted by Gasteiger charge is 2.34. The van der Waals surface area contributed by atoms with E-state index in [4.69, 9.17) is 9.47 Å². The molecule has 6 rings (SSSR count). The molecule has 2 fully saturated rings. The van der Waals surface area contributed by atoms with Crippen molar-refractivity contribution in [1.29, 1.82) is 0 Å². The molecular formula is C26H28N4O4S. The van der Waals surface area contributed by atoms with Crippen molar-refractivity contribution < 1.29 is 19.1 Å². The van der Waals surface area contributed by atoms with Gasteiger partial charge in [0, 0.05) is 25.1 Å². The molecule has 0 bridgehead atoms. The highest BCUT2D eigenvalue weighted by Crippen LogP contribution is 2.46. The monoisotopic (exact) mass is 492 g/mol. The van der Waals surface area contributed by atoms with E-state index in [-0.39, 0.29) is 24.1 Å². The number of thiophene rings is 1. The van der Waals surface area contributed by atoms with E-state index >= 15 is 0 Å². The van der Waals surface area contributed by atoms with E-state index in [1.165, 1.54) is 11.3 Å². The largest absolute Gasteiger partial charge is 0.490 e. The Morgan fingerprint density at radius 1 is 1.17 bits per heavy atom. The molecule has 1 saturated carbocycles. The summed E-state index contributed by atoms with van der Waals surface area (Å²) in [6.45, 7) is 3.61. The van der Waals surface area contributed by atoms with Gasteiger partial charge in [0.25, 0.3) is 5.91 Å². The fourth-order valence-electron chi connectivity index (χ4n) is 5.25. The summed E-state index contributed by atoms with van der Waals surface area (Å²) in [6.07, 6.45) is 6.84. The fourth-order valence-corrected chi connectivity index (χ4v) is 6.28. The number of benzene rings is 1. The van der Waals surface area contributed by atoms with E-state index in [2.05, 4.69) is 22.5 Å². The van der Waals surface area contributed by atoms with Crippen LogP contribution < -0.4 is 20.3 Å². The normalized spacial score (nSPS) is 22.3. The lowest BCUT2D eigenvalue weighted by Crippen LogP contribution is -2.37. The molecule has 1 aliphatic carbocycles. The summed E-state index contributed by atoms with van der Waals surface area (Å²) in [7, 11) is 0. The molecule has 1 aromatic carbocycles. The zero-order valence-electron chi connectivity index (χ0n) is 19.6. The minimum atomic E-state index is -0.301. The fraction of sp³-hybridized carbons (Fsp3) is 0.423. The molecule has 3 amide bonds. The van der Waals surface area contributed by atoms with E-state index in [1.807, 2.05) is 30.3 Å². The Kier molecular flexibility index (Phi) is 5.82. The Labute approximate surface area is 207 Å². The Morgan fingerprint density at radius 3 is 2.71 bits per heavy atom. The van der Waals surface area contributed by atoms with Crippen LogP contribution in [0.15, 0.2) is 36.5 Å². The number of nitrogens with zero attached hydrogens (tertiary/aromatic N) is 2. The number of pyridine rings is 1. The lowest BCUT2D eigenvalue weighted by Gasteiger charge is -2.29. The van der Waals surface area contributed by atoms with Gasteiger partial charge in [-0.25, -0.2) is 9.78 Å². The molecule has 8 nitrogen and oxygen atoms in total. The van der Waals surface area contributed by atoms with E-state index in [1.54, 1.807) is 11.1 Å². The van der Waals surface area contributed by atoms with Crippen LogP contribution in [0.5, 0.6) is 5.75 Å². The predicted octanol–water partition coefficient (Wildman–Crippen LogP) is 5.46. The van der Waals surface area contributed by atoms with Crippen molar-refractivity contribution in [2.75, 3.05) is 23.4 Å². The number of nitrogens with one attached hydrogen (secondary N) is 2. The Hall–Kier alpha value is -3.17. The van der Waals surface area contributed by atoms with E-state index in [9.17, 15) is 9.59 Å².